The Bertz CT molecular complexity index is 1140. The first-order valence-electron chi connectivity index (χ1n) is 12.5. The Hall–Kier alpha value is -3.34. The molecular weight excluding hydrogens is 483 g/mol. The van der Waals surface area contributed by atoms with Gasteiger partial charge in [-0.3, -0.25) is 0 Å². The summed E-state index contributed by atoms with van der Waals surface area (Å²) in [5.41, 5.74) is -0.159. The molecule has 4 rings (SSSR count). The van der Waals surface area contributed by atoms with E-state index < -0.39 is 17.3 Å². The van der Waals surface area contributed by atoms with E-state index in [0.29, 0.717) is 30.4 Å². The summed E-state index contributed by atoms with van der Waals surface area (Å²) < 4.78 is 39.9. The summed E-state index contributed by atoms with van der Waals surface area (Å²) in [6, 6.07) is 4.78. The highest BCUT2D eigenvalue weighted by Crippen LogP contribution is 2.35. The van der Waals surface area contributed by atoms with Crippen LogP contribution in [-0.4, -0.2) is 52.6 Å². The monoisotopic (exact) mass is 517 g/mol. The Morgan fingerprint density at radius 1 is 1.19 bits per heavy atom. The smallest absolute Gasteiger partial charge is 0.390 e. The Kier molecular flexibility index (Phi) is 7.63. The molecular formula is C26H34F3N7O. The summed E-state index contributed by atoms with van der Waals surface area (Å²) in [5.74, 6) is 1.19. The molecule has 1 aromatic heterocycles. The summed E-state index contributed by atoms with van der Waals surface area (Å²) in [7, 11) is 0. The fourth-order valence-electron chi connectivity index (χ4n) is 4.87. The van der Waals surface area contributed by atoms with Crippen molar-refractivity contribution in [3.63, 3.8) is 0 Å². The fourth-order valence-corrected chi connectivity index (χ4v) is 4.87. The maximum Gasteiger partial charge on any atom is 0.416 e. The molecule has 0 bridgehead atoms. The zero-order valence-electron chi connectivity index (χ0n) is 21.1. The van der Waals surface area contributed by atoms with Gasteiger partial charge in [0.05, 0.1) is 22.8 Å². The van der Waals surface area contributed by atoms with Crippen molar-refractivity contribution in [3.05, 3.63) is 47.7 Å². The highest BCUT2D eigenvalue weighted by molar-refractivity contribution is 5.92. The van der Waals surface area contributed by atoms with Crippen LogP contribution in [0, 0.1) is 11.3 Å². The molecule has 0 aliphatic carbocycles. The fraction of sp³-hybridized carbons (Fsp3) is 0.500. The minimum absolute atomic E-state index is 0.102. The van der Waals surface area contributed by atoms with E-state index in [1.165, 1.54) is 12.1 Å². The number of hydrogen-bond donors (Lipinski definition) is 5. The maximum absolute atomic E-state index is 13.3. The van der Waals surface area contributed by atoms with Crippen LogP contribution in [0.4, 0.5) is 36.4 Å². The SMILES string of the molecule is C=C1NCCCC1Nc1nc(Nc2cccc(C(F)(F)F)c2)c(C=N)c(N2CCC(C(C)(C)O)CC2)n1. The number of benzene rings is 1. The van der Waals surface area contributed by atoms with Crippen LogP contribution in [0.3, 0.4) is 0 Å². The second-order valence-corrected chi connectivity index (χ2v) is 10.2. The third kappa shape index (κ3) is 6.33. The van der Waals surface area contributed by atoms with Gasteiger partial charge in [0.1, 0.15) is 11.6 Å². The highest BCUT2D eigenvalue weighted by Gasteiger charge is 2.33. The summed E-state index contributed by atoms with van der Waals surface area (Å²) in [4.78, 5) is 11.4. The van der Waals surface area contributed by atoms with E-state index in [2.05, 4.69) is 27.5 Å². The van der Waals surface area contributed by atoms with Crippen molar-refractivity contribution >= 4 is 29.5 Å². The lowest BCUT2D eigenvalue weighted by Crippen LogP contribution is -2.42. The molecule has 1 aromatic carbocycles. The minimum Gasteiger partial charge on any atom is -0.390 e. The molecule has 8 nitrogen and oxygen atoms in total. The van der Waals surface area contributed by atoms with Crippen LogP contribution in [-0.2, 0) is 6.18 Å². The molecule has 5 N–H and O–H groups in total. The second-order valence-electron chi connectivity index (χ2n) is 10.2. The van der Waals surface area contributed by atoms with E-state index in [4.69, 9.17) is 10.4 Å². The number of nitrogens with zero attached hydrogens (tertiary/aromatic N) is 3. The van der Waals surface area contributed by atoms with E-state index >= 15 is 0 Å². The first kappa shape index (κ1) is 26.7. The molecule has 0 saturated carbocycles. The van der Waals surface area contributed by atoms with Crippen LogP contribution in [0.1, 0.15) is 50.7 Å². The molecule has 200 valence electrons. The van der Waals surface area contributed by atoms with Crippen LogP contribution >= 0.6 is 0 Å². The number of anilines is 4. The lowest BCUT2D eigenvalue weighted by atomic mass is 9.83. The molecule has 2 saturated heterocycles. The quantitative estimate of drug-likeness (QED) is 0.332. The van der Waals surface area contributed by atoms with Gasteiger partial charge in [-0.2, -0.15) is 23.1 Å². The minimum atomic E-state index is -4.48. The molecule has 2 fully saturated rings. The molecule has 2 aromatic rings. The highest BCUT2D eigenvalue weighted by atomic mass is 19.4. The topological polar surface area (TPSA) is 109 Å². The Balaban J connectivity index is 1.70. The van der Waals surface area contributed by atoms with Gasteiger partial charge in [0, 0.05) is 37.2 Å². The van der Waals surface area contributed by atoms with E-state index in [-0.39, 0.29) is 23.5 Å². The number of alkyl halides is 3. The maximum atomic E-state index is 13.3. The van der Waals surface area contributed by atoms with Crippen molar-refractivity contribution in [1.82, 2.24) is 15.3 Å². The summed E-state index contributed by atoms with van der Waals surface area (Å²) in [5, 5.41) is 28.1. The first-order chi connectivity index (χ1) is 17.5. The van der Waals surface area contributed by atoms with Gasteiger partial charge >= 0.3 is 6.18 Å². The van der Waals surface area contributed by atoms with Gasteiger partial charge in [-0.05, 0) is 63.6 Å². The van der Waals surface area contributed by atoms with Crippen LogP contribution in [0.5, 0.6) is 0 Å². The molecule has 0 spiro atoms. The van der Waals surface area contributed by atoms with E-state index in [1.54, 1.807) is 0 Å². The molecule has 0 amide bonds. The van der Waals surface area contributed by atoms with Crippen molar-refractivity contribution in [3.8, 4) is 0 Å². The molecule has 3 heterocycles. The number of aromatic nitrogens is 2. The van der Waals surface area contributed by atoms with Gasteiger partial charge in [-0.15, -0.1) is 0 Å². The molecule has 2 aliphatic rings. The van der Waals surface area contributed by atoms with Crippen molar-refractivity contribution in [1.29, 1.82) is 5.41 Å². The molecule has 2 aliphatic heterocycles. The summed E-state index contributed by atoms with van der Waals surface area (Å²) in [6.45, 7) is 9.77. The Labute approximate surface area is 214 Å². The van der Waals surface area contributed by atoms with Crippen molar-refractivity contribution in [2.75, 3.05) is 35.2 Å². The third-order valence-corrected chi connectivity index (χ3v) is 7.06. The third-order valence-electron chi connectivity index (χ3n) is 7.06. The normalized spacial score (nSPS) is 19.4. The van der Waals surface area contributed by atoms with Gasteiger partial charge in [0.2, 0.25) is 5.95 Å². The van der Waals surface area contributed by atoms with Gasteiger partial charge in [0.25, 0.3) is 0 Å². The van der Waals surface area contributed by atoms with Crippen LogP contribution in [0.15, 0.2) is 36.5 Å². The average Bonchev–Trinajstić information content (AvgIpc) is 2.84. The van der Waals surface area contributed by atoms with Crippen LogP contribution in [0.2, 0.25) is 0 Å². The number of halogens is 3. The second kappa shape index (κ2) is 10.6. The van der Waals surface area contributed by atoms with Crippen LogP contribution < -0.4 is 20.9 Å². The van der Waals surface area contributed by atoms with E-state index in [0.717, 1.165) is 56.3 Å². The first-order valence-corrected chi connectivity index (χ1v) is 12.5. The van der Waals surface area contributed by atoms with E-state index in [1.807, 2.05) is 18.7 Å². The van der Waals surface area contributed by atoms with Crippen molar-refractivity contribution in [2.45, 2.75) is 57.3 Å². The molecule has 37 heavy (non-hydrogen) atoms. The number of piperidine rings is 2. The van der Waals surface area contributed by atoms with Gasteiger partial charge in [-0.1, -0.05) is 12.6 Å². The zero-order chi connectivity index (χ0) is 26.8. The summed E-state index contributed by atoms with van der Waals surface area (Å²) in [6.07, 6.45) is -0.0873. The molecule has 1 unspecified atom stereocenters. The lowest BCUT2D eigenvalue weighted by Gasteiger charge is -2.39. The molecule has 1 atom stereocenters. The number of rotatable bonds is 7. The van der Waals surface area contributed by atoms with E-state index in [9.17, 15) is 18.3 Å². The predicted molar refractivity (Wildman–Crippen MR) is 140 cm³/mol. The van der Waals surface area contributed by atoms with Gasteiger partial charge in [0.15, 0.2) is 0 Å². The number of nitrogens with one attached hydrogen (secondary N) is 4. The Morgan fingerprint density at radius 3 is 2.54 bits per heavy atom. The average molecular weight is 518 g/mol. The molecule has 0 radical (unpaired) electrons. The van der Waals surface area contributed by atoms with Gasteiger partial charge in [-0.25, -0.2) is 0 Å². The van der Waals surface area contributed by atoms with Gasteiger partial charge < -0.3 is 31.4 Å². The molecule has 11 heteroatoms. The number of hydrogen-bond acceptors (Lipinski definition) is 8. The number of aliphatic hydroxyl groups is 1. The van der Waals surface area contributed by atoms with Crippen LogP contribution in [0.25, 0.3) is 0 Å². The summed E-state index contributed by atoms with van der Waals surface area (Å²) >= 11 is 0. The van der Waals surface area contributed by atoms with Crippen molar-refractivity contribution < 1.29 is 18.3 Å². The van der Waals surface area contributed by atoms with Crippen molar-refractivity contribution in [2.24, 2.45) is 5.92 Å². The predicted octanol–water partition coefficient (Wildman–Crippen LogP) is 4.90. The largest absolute Gasteiger partial charge is 0.416 e. The zero-order valence-corrected chi connectivity index (χ0v) is 21.1. The standard InChI is InChI=1S/C26H34F3N7O/c1-16-21(8-5-11-31-16)33-24-34-22(32-19-7-4-6-18(14-19)26(27,28)29)20(15-30)23(35-24)36-12-9-17(10-13-36)25(2,3)37/h4,6-7,14-15,17,21,30-31,37H,1,5,8-13H2,2-3H3,(H2,32,33,34,35). The lowest BCUT2D eigenvalue weighted by molar-refractivity contribution is -0.137. The Morgan fingerprint density at radius 2 is 1.92 bits per heavy atom.